The molecule has 23 heavy (non-hydrogen) atoms. The Morgan fingerprint density at radius 3 is 2.43 bits per heavy atom. The Labute approximate surface area is 147 Å². The Balaban J connectivity index is 1.61. The van der Waals surface area contributed by atoms with Crippen molar-refractivity contribution in [3.63, 3.8) is 0 Å². The quantitative estimate of drug-likeness (QED) is 0.439. The highest BCUT2D eigenvalue weighted by molar-refractivity contribution is 7.99. The molecule has 0 saturated heterocycles. The predicted octanol–water partition coefficient (Wildman–Crippen LogP) is 4.47. The van der Waals surface area contributed by atoms with Crippen LogP contribution in [0.4, 0.5) is 5.69 Å². The molecule has 0 aliphatic heterocycles. The molecule has 0 saturated carbocycles. The minimum Gasteiger partial charge on any atom is -0.497 e. The summed E-state index contributed by atoms with van der Waals surface area (Å²) >= 11 is 7.17. The zero-order valence-corrected chi connectivity index (χ0v) is 15.1. The van der Waals surface area contributed by atoms with Crippen molar-refractivity contribution in [2.45, 2.75) is 18.2 Å². The number of ether oxygens (including phenoxy) is 1. The van der Waals surface area contributed by atoms with E-state index in [2.05, 4.69) is 41.8 Å². The van der Waals surface area contributed by atoms with Crippen LogP contribution in [0.5, 0.6) is 5.75 Å². The summed E-state index contributed by atoms with van der Waals surface area (Å²) in [5, 5.41) is 7.05. The van der Waals surface area contributed by atoms with Crippen molar-refractivity contribution < 1.29 is 4.74 Å². The largest absolute Gasteiger partial charge is 0.497 e. The third-order valence-corrected chi connectivity index (χ3v) is 4.59. The minimum atomic E-state index is 0.649. The van der Waals surface area contributed by atoms with Crippen LogP contribution in [0.3, 0.4) is 0 Å². The van der Waals surface area contributed by atoms with Gasteiger partial charge in [-0.15, -0.1) is 11.8 Å². The highest BCUT2D eigenvalue weighted by Gasteiger charge is 1.99. The molecule has 2 rings (SSSR count). The monoisotopic (exact) mass is 346 g/mol. The lowest BCUT2D eigenvalue weighted by atomic mass is 10.2. The van der Waals surface area contributed by atoms with Crippen LogP contribution in [-0.4, -0.2) is 24.5 Å². The molecular weight excluding hydrogens is 324 g/mol. The summed E-state index contributed by atoms with van der Waals surface area (Å²) in [6.45, 7) is 2.97. The molecular formula is C18H22N2OS2. The van der Waals surface area contributed by atoms with Gasteiger partial charge in [0.1, 0.15) is 5.75 Å². The number of methoxy groups -OCH3 is 1. The van der Waals surface area contributed by atoms with Crippen molar-refractivity contribution in [1.82, 2.24) is 5.32 Å². The number of nitrogens with one attached hydrogen (secondary N) is 2. The SMILES string of the molecule is COc1ccc(NC(=S)NCCCSc2ccc(C)cc2)cc1. The van der Waals surface area contributed by atoms with E-state index < -0.39 is 0 Å². The van der Waals surface area contributed by atoms with Crippen molar-refractivity contribution in [3.8, 4) is 5.75 Å². The molecule has 3 nitrogen and oxygen atoms in total. The van der Waals surface area contributed by atoms with E-state index in [1.54, 1.807) is 7.11 Å². The van der Waals surface area contributed by atoms with Gasteiger partial charge in [-0.25, -0.2) is 0 Å². The zero-order chi connectivity index (χ0) is 16.5. The van der Waals surface area contributed by atoms with Crippen LogP contribution in [0.1, 0.15) is 12.0 Å². The molecule has 0 amide bonds. The predicted molar refractivity (Wildman–Crippen MR) is 104 cm³/mol. The number of benzene rings is 2. The summed E-state index contributed by atoms with van der Waals surface area (Å²) in [5.41, 5.74) is 2.25. The first-order chi connectivity index (χ1) is 11.2. The lowest BCUT2D eigenvalue weighted by molar-refractivity contribution is 0.415. The van der Waals surface area contributed by atoms with Crippen molar-refractivity contribution in [2.24, 2.45) is 0 Å². The van der Waals surface area contributed by atoms with Crippen molar-refractivity contribution >= 4 is 34.8 Å². The molecule has 5 heteroatoms. The van der Waals surface area contributed by atoms with Crippen LogP contribution in [0.25, 0.3) is 0 Å². The van der Waals surface area contributed by atoms with Crippen LogP contribution >= 0.6 is 24.0 Å². The van der Waals surface area contributed by atoms with Crippen LogP contribution in [0.15, 0.2) is 53.4 Å². The maximum atomic E-state index is 5.29. The summed E-state index contributed by atoms with van der Waals surface area (Å²) in [4.78, 5) is 1.31. The fraction of sp³-hybridized carbons (Fsp3) is 0.278. The van der Waals surface area contributed by atoms with E-state index in [0.29, 0.717) is 5.11 Å². The van der Waals surface area contributed by atoms with E-state index in [1.807, 2.05) is 36.0 Å². The summed E-state index contributed by atoms with van der Waals surface area (Å²) in [6.07, 6.45) is 1.06. The van der Waals surface area contributed by atoms with Crippen LogP contribution in [0.2, 0.25) is 0 Å². The molecule has 0 aliphatic rings. The summed E-state index contributed by atoms with van der Waals surface area (Å²) in [7, 11) is 1.66. The molecule has 2 N–H and O–H groups in total. The molecule has 0 atom stereocenters. The lowest BCUT2D eigenvalue weighted by Gasteiger charge is -2.11. The molecule has 0 aromatic heterocycles. The molecule has 2 aromatic carbocycles. The van der Waals surface area contributed by atoms with Crippen molar-refractivity contribution in [3.05, 3.63) is 54.1 Å². The smallest absolute Gasteiger partial charge is 0.170 e. The fourth-order valence-corrected chi connectivity index (χ4v) is 3.02. The second kappa shape index (κ2) is 9.43. The van der Waals surface area contributed by atoms with E-state index in [9.17, 15) is 0 Å². The second-order valence-corrected chi connectivity index (χ2v) is 6.70. The highest BCUT2D eigenvalue weighted by Crippen LogP contribution is 2.18. The zero-order valence-electron chi connectivity index (χ0n) is 13.5. The number of aryl methyl sites for hydroxylation is 1. The van der Waals surface area contributed by atoms with Gasteiger partial charge in [0.25, 0.3) is 0 Å². The average Bonchev–Trinajstić information content (AvgIpc) is 2.57. The number of thiocarbonyl (C=S) groups is 1. The van der Waals surface area contributed by atoms with Crippen LogP contribution in [-0.2, 0) is 0 Å². The maximum absolute atomic E-state index is 5.29. The van der Waals surface area contributed by atoms with E-state index in [1.165, 1.54) is 10.5 Å². The molecule has 2 aromatic rings. The van der Waals surface area contributed by atoms with Gasteiger partial charge in [0, 0.05) is 17.1 Å². The number of thioether (sulfide) groups is 1. The number of rotatable bonds is 7. The molecule has 0 bridgehead atoms. The highest BCUT2D eigenvalue weighted by atomic mass is 32.2. The van der Waals surface area contributed by atoms with Gasteiger partial charge in [-0.1, -0.05) is 17.7 Å². The van der Waals surface area contributed by atoms with E-state index in [0.717, 1.165) is 30.2 Å². The number of hydrogen-bond acceptors (Lipinski definition) is 3. The van der Waals surface area contributed by atoms with Gasteiger partial charge in [0.05, 0.1) is 7.11 Å². The molecule has 0 heterocycles. The third-order valence-electron chi connectivity index (χ3n) is 3.24. The third kappa shape index (κ3) is 6.50. The first-order valence-corrected chi connectivity index (χ1v) is 8.95. The topological polar surface area (TPSA) is 33.3 Å². The fourth-order valence-electron chi connectivity index (χ4n) is 1.95. The molecule has 0 spiro atoms. The molecule has 0 aliphatic carbocycles. The Hall–Kier alpha value is -1.72. The first kappa shape index (κ1) is 17.6. The van der Waals surface area contributed by atoms with Gasteiger partial charge in [-0.3, -0.25) is 0 Å². The molecule has 0 fully saturated rings. The van der Waals surface area contributed by atoms with Crippen molar-refractivity contribution in [1.29, 1.82) is 0 Å². The molecule has 0 unspecified atom stereocenters. The standard InChI is InChI=1S/C18H22N2OS2/c1-14-4-10-17(11-5-14)23-13-3-12-19-18(22)20-15-6-8-16(21-2)9-7-15/h4-11H,3,12-13H2,1-2H3,(H2,19,20,22). The summed E-state index contributed by atoms with van der Waals surface area (Å²) in [5.74, 6) is 1.91. The normalized spacial score (nSPS) is 10.2. The van der Waals surface area contributed by atoms with Gasteiger partial charge < -0.3 is 15.4 Å². The molecule has 122 valence electrons. The Morgan fingerprint density at radius 2 is 1.78 bits per heavy atom. The van der Waals surface area contributed by atoms with E-state index in [-0.39, 0.29) is 0 Å². The van der Waals surface area contributed by atoms with E-state index in [4.69, 9.17) is 17.0 Å². The van der Waals surface area contributed by atoms with Gasteiger partial charge in [0.2, 0.25) is 0 Å². The Morgan fingerprint density at radius 1 is 1.09 bits per heavy atom. The van der Waals surface area contributed by atoms with Crippen LogP contribution < -0.4 is 15.4 Å². The van der Waals surface area contributed by atoms with Crippen LogP contribution in [0, 0.1) is 6.92 Å². The Kier molecular flexibility index (Phi) is 7.23. The molecule has 0 radical (unpaired) electrons. The summed E-state index contributed by atoms with van der Waals surface area (Å²) in [6, 6.07) is 16.3. The maximum Gasteiger partial charge on any atom is 0.170 e. The number of anilines is 1. The van der Waals surface area contributed by atoms with Gasteiger partial charge in [-0.2, -0.15) is 0 Å². The minimum absolute atomic E-state index is 0.649. The van der Waals surface area contributed by atoms with E-state index >= 15 is 0 Å². The Bertz CT molecular complexity index is 612. The average molecular weight is 347 g/mol. The lowest BCUT2D eigenvalue weighted by Crippen LogP contribution is -2.29. The second-order valence-electron chi connectivity index (χ2n) is 5.12. The van der Waals surface area contributed by atoms with Gasteiger partial charge >= 0.3 is 0 Å². The first-order valence-electron chi connectivity index (χ1n) is 7.56. The van der Waals surface area contributed by atoms with Gasteiger partial charge in [0.15, 0.2) is 5.11 Å². The van der Waals surface area contributed by atoms with Crippen molar-refractivity contribution in [2.75, 3.05) is 24.7 Å². The summed E-state index contributed by atoms with van der Waals surface area (Å²) < 4.78 is 5.13. The number of hydrogen-bond donors (Lipinski definition) is 2. The van der Waals surface area contributed by atoms with Gasteiger partial charge in [-0.05, 0) is 67.7 Å².